The smallest absolute Gasteiger partial charge is 0.239 e. The lowest BCUT2D eigenvalue weighted by atomic mass is 9.94. The van der Waals surface area contributed by atoms with Gasteiger partial charge in [0, 0.05) is 32.2 Å². The molecular weight excluding hydrogens is 361 g/mol. The number of nitrogens with zero attached hydrogens (tertiary/aromatic N) is 3. The average molecular weight is 387 g/mol. The molecule has 0 radical (unpaired) electrons. The minimum atomic E-state index is -0.0810. The Hall–Kier alpha value is -2.86. The van der Waals surface area contributed by atoms with E-state index in [9.17, 15) is 4.79 Å². The van der Waals surface area contributed by atoms with Crippen LogP contribution < -0.4 is 10.2 Å². The molecule has 1 amide bonds. The van der Waals surface area contributed by atoms with E-state index in [-0.39, 0.29) is 11.9 Å². The van der Waals surface area contributed by atoms with E-state index in [1.165, 1.54) is 5.46 Å². The Morgan fingerprint density at radius 1 is 1.10 bits per heavy atom. The molecule has 2 heterocycles. The molecule has 1 aliphatic heterocycles. The van der Waals surface area contributed by atoms with Crippen LogP contribution in [-0.2, 0) is 4.79 Å². The van der Waals surface area contributed by atoms with E-state index < -0.39 is 0 Å². The van der Waals surface area contributed by atoms with E-state index in [2.05, 4.69) is 43.1 Å². The summed E-state index contributed by atoms with van der Waals surface area (Å²) < 4.78 is 5.91. The number of hydrogen-bond acceptors (Lipinski definition) is 4. The summed E-state index contributed by atoms with van der Waals surface area (Å²) in [5.74, 6) is 1.01. The molecule has 0 bridgehead atoms. The van der Waals surface area contributed by atoms with Crippen molar-refractivity contribution < 1.29 is 9.53 Å². The van der Waals surface area contributed by atoms with Gasteiger partial charge in [0.05, 0.1) is 17.3 Å². The van der Waals surface area contributed by atoms with Crippen molar-refractivity contribution in [1.29, 1.82) is 0 Å². The second kappa shape index (κ2) is 8.25. The van der Waals surface area contributed by atoms with Crippen LogP contribution in [-0.4, -0.2) is 67.9 Å². The maximum Gasteiger partial charge on any atom is 0.239 e. The Bertz CT molecular complexity index is 1020. The van der Waals surface area contributed by atoms with E-state index in [1.807, 2.05) is 38.2 Å². The van der Waals surface area contributed by atoms with Gasteiger partial charge in [0.25, 0.3) is 0 Å². The summed E-state index contributed by atoms with van der Waals surface area (Å²) in [5.41, 5.74) is 4.27. The summed E-state index contributed by atoms with van der Waals surface area (Å²) in [7, 11) is 3.95. The molecule has 4 rings (SSSR count). The van der Waals surface area contributed by atoms with Crippen LogP contribution in [0, 0.1) is 0 Å². The first kappa shape index (κ1) is 19.5. The summed E-state index contributed by atoms with van der Waals surface area (Å²) in [6, 6.07) is 18.4. The highest BCUT2D eigenvalue weighted by Crippen LogP contribution is 2.23. The number of pyridine rings is 1. The number of benzene rings is 2. The zero-order chi connectivity index (χ0) is 20.4. The lowest BCUT2D eigenvalue weighted by molar-refractivity contribution is -0.139. The van der Waals surface area contributed by atoms with Gasteiger partial charge in [-0.05, 0) is 48.7 Å². The molecule has 3 aromatic rings. The number of piperazine rings is 1. The van der Waals surface area contributed by atoms with E-state index in [1.54, 1.807) is 4.90 Å². The molecule has 0 spiro atoms. The molecule has 1 saturated heterocycles. The summed E-state index contributed by atoms with van der Waals surface area (Å²) in [5, 5.41) is 1.16. The van der Waals surface area contributed by atoms with Gasteiger partial charge in [0.2, 0.25) is 5.91 Å². The molecule has 148 valence electrons. The highest BCUT2D eigenvalue weighted by molar-refractivity contribution is 6.33. The number of likely N-dealkylation sites (N-methyl/N-ethyl adjacent to an activating group) is 1. The van der Waals surface area contributed by atoms with Gasteiger partial charge in [-0.2, -0.15) is 0 Å². The number of amides is 1. The number of hydrogen-bond donors (Lipinski definition) is 0. The Morgan fingerprint density at radius 3 is 2.69 bits per heavy atom. The second-order valence-electron chi connectivity index (χ2n) is 7.74. The van der Waals surface area contributed by atoms with Crippen LogP contribution in [0.4, 0.5) is 0 Å². The van der Waals surface area contributed by atoms with Gasteiger partial charge >= 0.3 is 0 Å². The molecule has 6 heteroatoms. The summed E-state index contributed by atoms with van der Waals surface area (Å²) in [6.45, 7) is 4.93. The normalized spacial score (nSPS) is 17.7. The molecule has 0 N–H and O–H groups in total. The van der Waals surface area contributed by atoms with Crippen molar-refractivity contribution in [2.24, 2.45) is 0 Å². The molecular formula is C23H26BN3O2. The van der Waals surface area contributed by atoms with E-state index >= 15 is 0 Å². The number of aromatic nitrogens is 1. The number of carbonyl (C=O) groups excluding carboxylic acids is 1. The lowest BCUT2D eigenvalue weighted by Crippen LogP contribution is -2.55. The first-order chi connectivity index (χ1) is 14.0. The SMILES string of the molecule is Bc1ccc2nc(-c3ccc(OCCN4CCN(C)C(=O)[C@H]4C)cc3)ccc2c1. The van der Waals surface area contributed by atoms with E-state index in [0.717, 1.165) is 47.5 Å². The molecule has 1 aromatic heterocycles. The van der Waals surface area contributed by atoms with Gasteiger partial charge in [0.15, 0.2) is 0 Å². The van der Waals surface area contributed by atoms with Gasteiger partial charge in [-0.15, -0.1) is 0 Å². The third-order valence-corrected chi connectivity index (χ3v) is 5.65. The molecule has 2 aromatic carbocycles. The lowest BCUT2D eigenvalue weighted by Gasteiger charge is -2.37. The topological polar surface area (TPSA) is 45.7 Å². The molecule has 0 saturated carbocycles. The van der Waals surface area contributed by atoms with Crippen LogP contribution in [0.2, 0.25) is 0 Å². The third-order valence-electron chi connectivity index (χ3n) is 5.65. The third kappa shape index (κ3) is 4.27. The standard InChI is InChI=1S/C23H26BN3O2/c1-16-23(28)26(2)11-12-27(16)13-14-29-20-7-3-17(4-8-20)21-9-5-18-15-19(24)6-10-22(18)25-21/h3-10,15-16H,11-14,24H2,1-2H3/t16-/m1/s1. The highest BCUT2D eigenvalue weighted by Gasteiger charge is 2.28. The quantitative estimate of drug-likeness (QED) is 0.626. The van der Waals surface area contributed by atoms with Crippen molar-refractivity contribution in [3.05, 3.63) is 54.6 Å². The van der Waals surface area contributed by atoms with Crippen LogP contribution in [0.15, 0.2) is 54.6 Å². The number of carbonyl (C=O) groups is 1. The zero-order valence-electron chi connectivity index (χ0n) is 17.3. The molecule has 0 unspecified atom stereocenters. The second-order valence-corrected chi connectivity index (χ2v) is 7.74. The predicted octanol–water partition coefficient (Wildman–Crippen LogP) is 1.70. The number of fused-ring (bicyclic) bond motifs is 1. The number of rotatable bonds is 5. The summed E-state index contributed by atoms with van der Waals surface area (Å²) in [6.07, 6.45) is 0. The summed E-state index contributed by atoms with van der Waals surface area (Å²) >= 11 is 0. The molecule has 29 heavy (non-hydrogen) atoms. The van der Waals surface area contributed by atoms with Gasteiger partial charge < -0.3 is 9.64 Å². The van der Waals surface area contributed by atoms with Crippen molar-refractivity contribution in [2.75, 3.05) is 33.3 Å². The van der Waals surface area contributed by atoms with Crippen molar-refractivity contribution in [2.45, 2.75) is 13.0 Å². The molecule has 1 atom stereocenters. The Kier molecular flexibility index (Phi) is 5.54. The highest BCUT2D eigenvalue weighted by atomic mass is 16.5. The van der Waals surface area contributed by atoms with E-state index in [4.69, 9.17) is 9.72 Å². The van der Waals surface area contributed by atoms with Crippen molar-refractivity contribution >= 4 is 30.1 Å². The van der Waals surface area contributed by atoms with E-state index in [0.29, 0.717) is 6.61 Å². The first-order valence-corrected chi connectivity index (χ1v) is 10.1. The van der Waals surface area contributed by atoms with Gasteiger partial charge in [-0.3, -0.25) is 9.69 Å². The van der Waals surface area contributed by atoms with Crippen LogP contribution >= 0.6 is 0 Å². The van der Waals surface area contributed by atoms with Crippen LogP contribution in [0.3, 0.4) is 0 Å². The fourth-order valence-electron chi connectivity index (χ4n) is 3.77. The van der Waals surface area contributed by atoms with Crippen molar-refractivity contribution in [3.63, 3.8) is 0 Å². The van der Waals surface area contributed by atoms with Crippen LogP contribution in [0.1, 0.15) is 6.92 Å². The largest absolute Gasteiger partial charge is 0.492 e. The fraction of sp³-hybridized carbons (Fsp3) is 0.304. The summed E-state index contributed by atoms with van der Waals surface area (Å²) in [4.78, 5) is 20.8. The Labute approximate surface area is 172 Å². The monoisotopic (exact) mass is 387 g/mol. The molecule has 0 aliphatic carbocycles. The minimum Gasteiger partial charge on any atom is -0.492 e. The Morgan fingerprint density at radius 2 is 1.90 bits per heavy atom. The maximum atomic E-state index is 12.1. The first-order valence-electron chi connectivity index (χ1n) is 10.1. The van der Waals surface area contributed by atoms with Gasteiger partial charge in [0.1, 0.15) is 20.2 Å². The minimum absolute atomic E-state index is 0.0810. The molecule has 5 nitrogen and oxygen atoms in total. The Balaban J connectivity index is 1.37. The fourth-order valence-corrected chi connectivity index (χ4v) is 3.77. The average Bonchev–Trinajstić information content (AvgIpc) is 2.74. The predicted molar refractivity (Wildman–Crippen MR) is 120 cm³/mol. The van der Waals surface area contributed by atoms with Crippen LogP contribution in [0.25, 0.3) is 22.2 Å². The number of ether oxygens (including phenoxy) is 1. The zero-order valence-corrected chi connectivity index (χ0v) is 17.3. The van der Waals surface area contributed by atoms with Crippen molar-refractivity contribution in [1.82, 2.24) is 14.8 Å². The maximum absolute atomic E-state index is 12.1. The van der Waals surface area contributed by atoms with Gasteiger partial charge in [-0.25, -0.2) is 4.98 Å². The van der Waals surface area contributed by atoms with Crippen molar-refractivity contribution in [3.8, 4) is 17.0 Å². The van der Waals surface area contributed by atoms with Crippen LogP contribution in [0.5, 0.6) is 5.75 Å². The molecule has 1 aliphatic rings. The molecule has 1 fully saturated rings. The van der Waals surface area contributed by atoms with Gasteiger partial charge in [-0.1, -0.05) is 23.7 Å².